The molecule has 1 atom stereocenters. The zero-order chi connectivity index (χ0) is 13.2. The largest absolute Gasteiger partial charge is 0.348 e. The highest BCUT2D eigenvalue weighted by molar-refractivity contribution is 5.86. The molecule has 1 aliphatic heterocycles. The van der Waals surface area contributed by atoms with Gasteiger partial charge in [-0.2, -0.15) is 0 Å². The second kappa shape index (κ2) is 5.22. The van der Waals surface area contributed by atoms with Crippen LogP contribution in [0.25, 0.3) is 0 Å². The van der Waals surface area contributed by atoms with Gasteiger partial charge in [0.25, 0.3) is 0 Å². The van der Waals surface area contributed by atoms with E-state index < -0.39 is 0 Å². The first-order chi connectivity index (χ1) is 8.51. The van der Waals surface area contributed by atoms with Crippen LogP contribution in [0.3, 0.4) is 0 Å². The van der Waals surface area contributed by atoms with Crippen molar-refractivity contribution in [1.29, 1.82) is 0 Å². The Bertz CT molecular complexity index is 399. The number of H-pyrrole nitrogens is 1. The summed E-state index contributed by atoms with van der Waals surface area (Å²) in [4.78, 5) is 21.7. The van der Waals surface area contributed by atoms with Crippen LogP contribution in [-0.2, 0) is 11.2 Å². The van der Waals surface area contributed by atoms with Crippen LogP contribution in [0.15, 0.2) is 12.5 Å². The molecule has 0 aliphatic carbocycles. The number of hydrogen-bond acceptors (Lipinski definition) is 3. The maximum absolute atomic E-state index is 12.2. The summed E-state index contributed by atoms with van der Waals surface area (Å²) >= 11 is 0. The first-order valence-corrected chi connectivity index (χ1v) is 6.75. The Morgan fingerprint density at radius 1 is 1.61 bits per heavy atom. The quantitative estimate of drug-likeness (QED) is 0.867. The summed E-state index contributed by atoms with van der Waals surface area (Å²) in [6.07, 6.45) is 5.55. The molecule has 2 rings (SSSR count). The zero-order valence-corrected chi connectivity index (χ0v) is 11.6. The van der Waals surface area contributed by atoms with E-state index in [0.29, 0.717) is 5.78 Å². The van der Waals surface area contributed by atoms with E-state index in [1.165, 1.54) is 5.69 Å². The van der Waals surface area contributed by atoms with E-state index in [4.69, 9.17) is 0 Å². The predicted octanol–water partition coefficient (Wildman–Crippen LogP) is 1.89. The van der Waals surface area contributed by atoms with Crippen molar-refractivity contribution in [2.75, 3.05) is 19.6 Å². The lowest BCUT2D eigenvalue weighted by Gasteiger charge is -2.25. The first-order valence-electron chi connectivity index (χ1n) is 6.75. The number of nitrogens with zero attached hydrogens (tertiary/aromatic N) is 2. The molecule has 1 N–H and O–H groups in total. The minimum Gasteiger partial charge on any atom is -0.348 e. The average Bonchev–Trinajstić information content (AvgIpc) is 2.95. The topological polar surface area (TPSA) is 49.0 Å². The van der Waals surface area contributed by atoms with E-state index in [1.807, 2.05) is 20.0 Å². The van der Waals surface area contributed by atoms with E-state index in [2.05, 4.69) is 21.8 Å². The molecular weight excluding hydrogens is 226 g/mol. The molecule has 0 bridgehead atoms. The molecule has 1 fully saturated rings. The van der Waals surface area contributed by atoms with Crippen molar-refractivity contribution in [2.45, 2.75) is 33.6 Å². The van der Waals surface area contributed by atoms with Crippen LogP contribution in [0.2, 0.25) is 0 Å². The second-order valence-electron chi connectivity index (χ2n) is 5.93. The van der Waals surface area contributed by atoms with Gasteiger partial charge < -0.3 is 9.88 Å². The zero-order valence-electron chi connectivity index (χ0n) is 11.6. The van der Waals surface area contributed by atoms with Crippen molar-refractivity contribution in [3.8, 4) is 0 Å². The highest BCUT2D eigenvalue weighted by Gasteiger charge is 2.40. The summed E-state index contributed by atoms with van der Waals surface area (Å²) in [5.74, 6) is 0.550. The van der Waals surface area contributed by atoms with Crippen molar-refractivity contribution in [2.24, 2.45) is 11.3 Å². The molecule has 1 aliphatic rings. The summed E-state index contributed by atoms with van der Waals surface area (Å²) in [7, 11) is 0. The van der Waals surface area contributed by atoms with Crippen molar-refractivity contribution >= 4 is 5.78 Å². The summed E-state index contributed by atoms with van der Waals surface area (Å²) < 4.78 is 0. The van der Waals surface area contributed by atoms with Gasteiger partial charge in [0.2, 0.25) is 0 Å². The van der Waals surface area contributed by atoms with Gasteiger partial charge in [0, 0.05) is 42.7 Å². The number of ketones is 1. The van der Waals surface area contributed by atoms with Crippen LogP contribution in [-0.4, -0.2) is 40.3 Å². The number of hydrogen-bond donors (Lipinski definition) is 1. The van der Waals surface area contributed by atoms with Crippen LogP contribution >= 0.6 is 0 Å². The molecular formula is C14H23N3O. The van der Waals surface area contributed by atoms with E-state index >= 15 is 0 Å². The van der Waals surface area contributed by atoms with Crippen LogP contribution < -0.4 is 0 Å². The van der Waals surface area contributed by atoms with Gasteiger partial charge in [-0.1, -0.05) is 20.8 Å². The minimum absolute atomic E-state index is 0.137. The monoisotopic (exact) mass is 249 g/mol. The van der Waals surface area contributed by atoms with Gasteiger partial charge in [0.05, 0.1) is 6.33 Å². The van der Waals surface area contributed by atoms with Gasteiger partial charge in [-0.15, -0.1) is 0 Å². The third kappa shape index (κ3) is 2.80. The van der Waals surface area contributed by atoms with Crippen molar-refractivity contribution in [1.82, 2.24) is 14.9 Å². The highest BCUT2D eigenvalue weighted by Crippen LogP contribution is 2.33. The molecule has 100 valence electrons. The average molecular weight is 249 g/mol. The smallest absolute Gasteiger partial charge is 0.142 e. The van der Waals surface area contributed by atoms with Gasteiger partial charge >= 0.3 is 0 Å². The Hall–Kier alpha value is -1.16. The number of rotatable bonds is 5. The molecule has 0 amide bonds. The predicted molar refractivity (Wildman–Crippen MR) is 71.3 cm³/mol. The molecule has 1 aromatic heterocycles. The molecule has 4 nitrogen and oxygen atoms in total. The third-order valence-electron chi connectivity index (χ3n) is 3.92. The summed E-state index contributed by atoms with van der Waals surface area (Å²) in [5, 5.41) is 0. The molecule has 18 heavy (non-hydrogen) atoms. The maximum Gasteiger partial charge on any atom is 0.142 e. The second-order valence-corrected chi connectivity index (χ2v) is 5.93. The molecule has 0 saturated carbocycles. The van der Waals surface area contributed by atoms with E-state index in [-0.39, 0.29) is 11.3 Å². The van der Waals surface area contributed by atoms with Crippen LogP contribution in [0.5, 0.6) is 0 Å². The van der Waals surface area contributed by atoms with Gasteiger partial charge in [-0.05, 0) is 13.0 Å². The molecule has 0 spiro atoms. The Morgan fingerprint density at radius 2 is 2.39 bits per heavy atom. The van der Waals surface area contributed by atoms with Crippen molar-refractivity contribution in [3.05, 3.63) is 18.2 Å². The molecule has 1 saturated heterocycles. The van der Waals surface area contributed by atoms with Crippen molar-refractivity contribution in [3.63, 3.8) is 0 Å². The molecule has 1 unspecified atom stereocenters. The van der Waals surface area contributed by atoms with Gasteiger partial charge in [0.1, 0.15) is 5.78 Å². The Morgan fingerprint density at radius 3 is 3.00 bits per heavy atom. The van der Waals surface area contributed by atoms with Gasteiger partial charge in [0.15, 0.2) is 0 Å². The van der Waals surface area contributed by atoms with Crippen molar-refractivity contribution < 1.29 is 4.79 Å². The number of imidazole rings is 1. The molecule has 1 aromatic rings. The molecule has 2 heterocycles. The Labute approximate surface area is 109 Å². The van der Waals surface area contributed by atoms with Gasteiger partial charge in [-0.3, -0.25) is 4.79 Å². The number of aromatic nitrogens is 2. The molecule has 0 radical (unpaired) electrons. The summed E-state index contributed by atoms with van der Waals surface area (Å²) in [6, 6.07) is 0. The van der Waals surface area contributed by atoms with E-state index in [0.717, 1.165) is 32.5 Å². The number of carbonyl (C=O) groups is 1. The van der Waals surface area contributed by atoms with Crippen LogP contribution in [0.4, 0.5) is 0 Å². The molecule has 4 heteroatoms. The maximum atomic E-state index is 12.2. The molecule has 0 aromatic carbocycles. The number of nitrogens with one attached hydrogen (secondary N) is 1. The fraction of sp³-hybridized carbons (Fsp3) is 0.714. The fourth-order valence-electron chi connectivity index (χ4n) is 2.85. The fourth-order valence-corrected chi connectivity index (χ4v) is 2.85. The number of likely N-dealkylation sites (tertiary alicyclic amines) is 1. The standard InChI is InChI=1S/C14H23N3O/c1-11(2)13(18)14(3)5-7-17(9-14)6-4-12-8-15-10-16-12/h8,10-11H,4-7,9H2,1-3H3,(H,15,16). The number of Topliss-reactive ketones (excluding diaryl/α,β-unsaturated/α-hetero) is 1. The Kier molecular flexibility index (Phi) is 3.85. The normalized spacial score (nSPS) is 24.9. The minimum atomic E-state index is -0.137. The van der Waals surface area contributed by atoms with Crippen LogP contribution in [0.1, 0.15) is 32.9 Å². The SMILES string of the molecule is CC(C)C(=O)C1(C)CCN(CCc2cnc[nH]2)C1. The summed E-state index contributed by atoms with van der Waals surface area (Å²) in [5.41, 5.74) is 1.03. The lowest BCUT2D eigenvalue weighted by Crippen LogP contribution is -2.35. The van der Waals surface area contributed by atoms with E-state index in [1.54, 1.807) is 6.33 Å². The first kappa shape index (κ1) is 13.3. The van der Waals surface area contributed by atoms with Gasteiger partial charge in [-0.25, -0.2) is 4.98 Å². The number of carbonyl (C=O) groups excluding carboxylic acids is 1. The number of aromatic amines is 1. The summed E-state index contributed by atoms with van der Waals surface area (Å²) in [6.45, 7) is 9.05. The Balaban J connectivity index is 1.86. The third-order valence-corrected chi connectivity index (χ3v) is 3.92. The lowest BCUT2D eigenvalue weighted by atomic mass is 9.80. The highest BCUT2D eigenvalue weighted by atomic mass is 16.1. The lowest BCUT2D eigenvalue weighted by molar-refractivity contribution is -0.130. The van der Waals surface area contributed by atoms with E-state index in [9.17, 15) is 4.79 Å². The van der Waals surface area contributed by atoms with Crippen LogP contribution in [0, 0.1) is 11.3 Å².